The summed E-state index contributed by atoms with van der Waals surface area (Å²) in [4.78, 5) is 0. The average Bonchev–Trinajstić information content (AvgIpc) is 2.70. The number of hydrogen-bond acceptors (Lipinski definition) is 4. The van der Waals surface area contributed by atoms with Gasteiger partial charge in [-0.05, 0) is 35.9 Å². The number of tetrazole rings is 1. The van der Waals surface area contributed by atoms with E-state index in [1.165, 1.54) is 0 Å². The van der Waals surface area contributed by atoms with Crippen molar-refractivity contribution in [3.8, 4) is 11.4 Å². The van der Waals surface area contributed by atoms with Crippen LogP contribution in [0.1, 0.15) is 18.9 Å². The number of nitrogens with two attached hydrogens (primary N) is 1. The SMILES string of the molecule is CCCn1nnnc1-c1cc(C)ccc1N. The molecule has 2 rings (SSSR count). The van der Waals surface area contributed by atoms with Gasteiger partial charge in [-0.2, -0.15) is 0 Å². The Balaban J connectivity index is 2.49. The van der Waals surface area contributed by atoms with Gasteiger partial charge < -0.3 is 5.73 Å². The minimum absolute atomic E-state index is 0.706. The Bertz CT molecular complexity index is 489. The Hall–Kier alpha value is -1.91. The van der Waals surface area contributed by atoms with E-state index in [1.807, 2.05) is 25.1 Å². The largest absolute Gasteiger partial charge is 0.398 e. The fourth-order valence-corrected chi connectivity index (χ4v) is 1.62. The molecular weight excluding hydrogens is 202 g/mol. The monoisotopic (exact) mass is 217 g/mol. The average molecular weight is 217 g/mol. The van der Waals surface area contributed by atoms with E-state index in [2.05, 4.69) is 22.4 Å². The van der Waals surface area contributed by atoms with Gasteiger partial charge in [0, 0.05) is 17.8 Å². The normalized spacial score (nSPS) is 10.6. The lowest BCUT2D eigenvalue weighted by Gasteiger charge is -2.06. The molecule has 0 unspecified atom stereocenters. The van der Waals surface area contributed by atoms with Gasteiger partial charge in [-0.25, -0.2) is 4.68 Å². The number of nitrogens with zero attached hydrogens (tertiary/aromatic N) is 4. The summed E-state index contributed by atoms with van der Waals surface area (Å²) in [7, 11) is 0. The van der Waals surface area contributed by atoms with Crippen molar-refractivity contribution in [1.29, 1.82) is 0 Å². The minimum atomic E-state index is 0.706. The first-order valence-electron chi connectivity index (χ1n) is 5.35. The van der Waals surface area contributed by atoms with Crippen molar-refractivity contribution in [3.05, 3.63) is 23.8 Å². The highest BCUT2D eigenvalue weighted by Gasteiger charge is 2.11. The number of aryl methyl sites for hydroxylation is 2. The standard InChI is InChI=1S/C11H15N5/c1-3-6-16-11(13-14-15-16)9-7-8(2)4-5-10(9)12/h4-5,7H,3,6,12H2,1-2H3. The Kier molecular flexibility index (Phi) is 2.85. The molecule has 16 heavy (non-hydrogen) atoms. The van der Waals surface area contributed by atoms with Crippen molar-refractivity contribution < 1.29 is 0 Å². The maximum Gasteiger partial charge on any atom is 0.184 e. The number of aromatic nitrogens is 4. The first kappa shape index (κ1) is 10.6. The van der Waals surface area contributed by atoms with Gasteiger partial charge in [-0.15, -0.1) is 5.10 Å². The van der Waals surface area contributed by atoms with E-state index < -0.39 is 0 Å². The van der Waals surface area contributed by atoms with Crippen LogP contribution in [0.4, 0.5) is 5.69 Å². The van der Waals surface area contributed by atoms with Crippen molar-refractivity contribution in [2.75, 3.05) is 5.73 Å². The molecule has 1 heterocycles. The number of benzene rings is 1. The first-order chi connectivity index (χ1) is 7.72. The van der Waals surface area contributed by atoms with E-state index in [-0.39, 0.29) is 0 Å². The predicted octanol–water partition coefficient (Wildman–Crippen LogP) is 1.64. The second kappa shape index (κ2) is 4.30. The van der Waals surface area contributed by atoms with E-state index in [4.69, 9.17) is 5.73 Å². The smallest absolute Gasteiger partial charge is 0.184 e. The highest BCUT2D eigenvalue weighted by atomic mass is 15.5. The molecular formula is C11H15N5. The molecule has 0 aliphatic carbocycles. The Morgan fingerprint density at radius 2 is 2.19 bits per heavy atom. The van der Waals surface area contributed by atoms with Crippen LogP contribution in [0.15, 0.2) is 18.2 Å². The summed E-state index contributed by atoms with van der Waals surface area (Å²) in [5.41, 5.74) is 8.69. The molecule has 0 fully saturated rings. The molecule has 0 saturated heterocycles. The quantitative estimate of drug-likeness (QED) is 0.793. The molecule has 0 aliphatic heterocycles. The van der Waals surface area contributed by atoms with Crippen LogP contribution < -0.4 is 5.73 Å². The topological polar surface area (TPSA) is 69.6 Å². The zero-order valence-electron chi connectivity index (χ0n) is 9.51. The number of nitrogen functional groups attached to an aromatic ring is 1. The lowest BCUT2D eigenvalue weighted by Crippen LogP contribution is -2.03. The third-order valence-corrected chi connectivity index (χ3v) is 2.42. The van der Waals surface area contributed by atoms with Gasteiger partial charge in [0.2, 0.25) is 0 Å². The molecule has 5 heteroatoms. The van der Waals surface area contributed by atoms with E-state index in [1.54, 1.807) is 4.68 Å². The van der Waals surface area contributed by atoms with Crippen molar-refractivity contribution in [3.63, 3.8) is 0 Å². The summed E-state index contributed by atoms with van der Waals surface area (Å²) in [5.74, 6) is 0.739. The van der Waals surface area contributed by atoms with Crippen LogP contribution in [0.5, 0.6) is 0 Å². The molecule has 0 spiro atoms. The molecule has 0 amide bonds. The fraction of sp³-hybridized carbons (Fsp3) is 0.364. The van der Waals surface area contributed by atoms with Gasteiger partial charge in [0.15, 0.2) is 5.82 Å². The van der Waals surface area contributed by atoms with Gasteiger partial charge >= 0.3 is 0 Å². The molecule has 1 aromatic heterocycles. The fourth-order valence-electron chi connectivity index (χ4n) is 1.62. The van der Waals surface area contributed by atoms with Crippen molar-refractivity contribution in [2.24, 2.45) is 0 Å². The van der Waals surface area contributed by atoms with Gasteiger partial charge in [0.1, 0.15) is 0 Å². The maximum absolute atomic E-state index is 5.94. The van der Waals surface area contributed by atoms with Crippen LogP contribution in [-0.4, -0.2) is 20.2 Å². The molecule has 0 bridgehead atoms. The van der Waals surface area contributed by atoms with Crippen LogP contribution in [0.2, 0.25) is 0 Å². The Labute approximate surface area is 94.3 Å². The molecule has 1 aromatic carbocycles. The third kappa shape index (κ3) is 1.88. The zero-order chi connectivity index (χ0) is 11.5. The van der Waals surface area contributed by atoms with Crippen molar-refractivity contribution >= 4 is 5.69 Å². The predicted molar refractivity (Wildman–Crippen MR) is 62.7 cm³/mol. The van der Waals surface area contributed by atoms with E-state index in [0.717, 1.165) is 29.9 Å². The Morgan fingerprint density at radius 1 is 1.38 bits per heavy atom. The number of hydrogen-bond donors (Lipinski definition) is 1. The first-order valence-corrected chi connectivity index (χ1v) is 5.35. The summed E-state index contributed by atoms with van der Waals surface area (Å²) in [5, 5.41) is 11.7. The molecule has 0 saturated carbocycles. The summed E-state index contributed by atoms with van der Waals surface area (Å²) in [6.07, 6.45) is 0.990. The second-order valence-electron chi connectivity index (χ2n) is 3.82. The maximum atomic E-state index is 5.94. The van der Waals surface area contributed by atoms with E-state index in [9.17, 15) is 0 Å². The molecule has 84 valence electrons. The molecule has 5 nitrogen and oxygen atoms in total. The lowest BCUT2D eigenvalue weighted by atomic mass is 10.1. The van der Waals surface area contributed by atoms with Gasteiger partial charge in [-0.1, -0.05) is 18.6 Å². The Morgan fingerprint density at radius 3 is 2.94 bits per heavy atom. The zero-order valence-corrected chi connectivity index (χ0v) is 9.51. The van der Waals surface area contributed by atoms with Crippen LogP contribution in [0.3, 0.4) is 0 Å². The van der Waals surface area contributed by atoms with E-state index >= 15 is 0 Å². The van der Waals surface area contributed by atoms with Crippen LogP contribution in [0.25, 0.3) is 11.4 Å². The van der Waals surface area contributed by atoms with Crippen LogP contribution in [-0.2, 0) is 6.54 Å². The summed E-state index contributed by atoms with van der Waals surface area (Å²) in [6, 6.07) is 5.87. The molecule has 0 aliphatic rings. The van der Waals surface area contributed by atoms with Crippen LogP contribution in [0, 0.1) is 6.92 Å². The minimum Gasteiger partial charge on any atom is -0.398 e. The second-order valence-corrected chi connectivity index (χ2v) is 3.82. The summed E-state index contributed by atoms with van der Waals surface area (Å²) < 4.78 is 1.78. The molecule has 2 N–H and O–H groups in total. The van der Waals surface area contributed by atoms with Crippen molar-refractivity contribution in [2.45, 2.75) is 26.8 Å². The number of rotatable bonds is 3. The molecule has 0 radical (unpaired) electrons. The van der Waals surface area contributed by atoms with Gasteiger partial charge in [-0.3, -0.25) is 0 Å². The lowest BCUT2D eigenvalue weighted by molar-refractivity contribution is 0.583. The summed E-state index contributed by atoms with van der Waals surface area (Å²) in [6.45, 7) is 4.91. The van der Waals surface area contributed by atoms with E-state index in [0.29, 0.717) is 5.69 Å². The van der Waals surface area contributed by atoms with Crippen LogP contribution >= 0.6 is 0 Å². The highest BCUT2D eigenvalue weighted by molar-refractivity contribution is 5.71. The molecule has 2 aromatic rings. The highest BCUT2D eigenvalue weighted by Crippen LogP contribution is 2.24. The summed E-state index contributed by atoms with van der Waals surface area (Å²) >= 11 is 0. The van der Waals surface area contributed by atoms with Gasteiger partial charge in [0.25, 0.3) is 0 Å². The third-order valence-electron chi connectivity index (χ3n) is 2.42. The number of anilines is 1. The molecule has 0 atom stereocenters. The van der Waals surface area contributed by atoms with Gasteiger partial charge in [0.05, 0.1) is 0 Å². The van der Waals surface area contributed by atoms with Crippen molar-refractivity contribution in [1.82, 2.24) is 20.2 Å².